The highest BCUT2D eigenvalue weighted by molar-refractivity contribution is 6.67. The van der Waals surface area contributed by atoms with E-state index in [1.807, 2.05) is 39.0 Å². The van der Waals surface area contributed by atoms with Gasteiger partial charge < -0.3 is 26.9 Å². The van der Waals surface area contributed by atoms with Gasteiger partial charge in [0.05, 0.1) is 19.3 Å². The molecule has 0 saturated carbocycles. The monoisotopic (exact) mass is 414 g/mol. The van der Waals surface area contributed by atoms with Gasteiger partial charge in [-0.1, -0.05) is 13.3 Å². The summed E-state index contributed by atoms with van der Waals surface area (Å²) in [7, 11) is -4.74. The lowest BCUT2D eigenvalue weighted by Gasteiger charge is -2.33. The Morgan fingerprint density at radius 2 is 1.70 bits per heavy atom. The summed E-state index contributed by atoms with van der Waals surface area (Å²) in [6.07, 6.45) is 1.07. The summed E-state index contributed by atoms with van der Waals surface area (Å²) in [4.78, 5) is 0. The van der Waals surface area contributed by atoms with Crippen LogP contribution in [0.25, 0.3) is 0 Å². The predicted molar refractivity (Wildman–Crippen MR) is 110 cm³/mol. The molecule has 0 saturated heterocycles. The van der Waals surface area contributed by atoms with E-state index in [1.54, 1.807) is 0 Å². The van der Waals surface area contributed by atoms with Gasteiger partial charge in [0, 0.05) is 31.4 Å². The van der Waals surface area contributed by atoms with Crippen LogP contribution in [0.1, 0.15) is 39.7 Å². The largest absolute Gasteiger partial charge is 0.520 e. The summed E-state index contributed by atoms with van der Waals surface area (Å²) in [5, 5.41) is 0. The summed E-state index contributed by atoms with van der Waals surface area (Å²) in [6.45, 7) is 12.9. The van der Waals surface area contributed by atoms with Crippen molar-refractivity contribution in [2.45, 2.75) is 59.4 Å². The molecule has 0 aromatic heterocycles. The van der Waals surface area contributed by atoms with Crippen LogP contribution in [0.2, 0.25) is 18.6 Å². The Hall–Kier alpha value is -0.906. The Labute approximate surface area is 165 Å². The second-order valence-electron chi connectivity index (χ2n) is 6.62. The zero-order valence-electron chi connectivity index (χ0n) is 17.3. The van der Waals surface area contributed by atoms with Crippen LogP contribution < -0.4 is 9.16 Å². The highest BCUT2D eigenvalue weighted by atomic mass is 28.4. The summed E-state index contributed by atoms with van der Waals surface area (Å²) < 4.78 is 35.8. The fourth-order valence-corrected chi connectivity index (χ4v) is 7.92. The van der Waals surface area contributed by atoms with Gasteiger partial charge in [0.2, 0.25) is 0 Å². The van der Waals surface area contributed by atoms with Crippen molar-refractivity contribution in [3.05, 3.63) is 23.8 Å². The average Bonchev–Trinajstić information content (AvgIpc) is 2.63. The molecule has 27 heavy (non-hydrogen) atoms. The molecule has 1 aliphatic heterocycles. The molecule has 1 atom stereocenters. The smallest absolute Gasteiger partial charge is 0.504 e. The van der Waals surface area contributed by atoms with Crippen LogP contribution in [0, 0.1) is 0 Å². The van der Waals surface area contributed by atoms with Crippen molar-refractivity contribution >= 4 is 17.4 Å². The number of rotatable bonds is 12. The van der Waals surface area contributed by atoms with Crippen LogP contribution in [0.3, 0.4) is 0 Å². The summed E-state index contributed by atoms with van der Waals surface area (Å²) >= 11 is 0. The quantitative estimate of drug-likeness (QED) is 0.469. The van der Waals surface area contributed by atoms with E-state index in [-0.39, 0.29) is 0 Å². The van der Waals surface area contributed by atoms with Crippen molar-refractivity contribution in [3.8, 4) is 11.5 Å². The molecule has 6 nitrogen and oxygen atoms in total. The van der Waals surface area contributed by atoms with E-state index in [1.165, 1.54) is 0 Å². The molecule has 1 unspecified atom stereocenters. The lowest BCUT2D eigenvalue weighted by Crippen LogP contribution is -2.47. The first-order valence-electron chi connectivity index (χ1n) is 10.00. The second kappa shape index (κ2) is 10.6. The Morgan fingerprint density at radius 3 is 2.30 bits per heavy atom. The molecule has 0 amide bonds. The van der Waals surface area contributed by atoms with Gasteiger partial charge in [-0.2, -0.15) is 0 Å². The third kappa shape index (κ3) is 6.30. The predicted octanol–water partition coefficient (Wildman–Crippen LogP) is 4.50. The molecule has 0 radical (unpaired) electrons. The zero-order valence-corrected chi connectivity index (χ0v) is 19.3. The van der Waals surface area contributed by atoms with Crippen molar-refractivity contribution in [3.63, 3.8) is 0 Å². The molecule has 0 fully saturated rings. The van der Waals surface area contributed by atoms with E-state index >= 15 is 0 Å². The molecular weight excluding hydrogens is 380 g/mol. The molecule has 1 aromatic carbocycles. The van der Waals surface area contributed by atoms with Crippen molar-refractivity contribution < 1.29 is 26.9 Å². The van der Waals surface area contributed by atoms with E-state index in [2.05, 4.69) is 13.5 Å². The maximum atomic E-state index is 6.18. The SMILES string of the molecule is CCC[Si]1(C)OCc2cc(OCC[Si](OCC)(OCC)OCC)ccc2O1. The van der Waals surface area contributed by atoms with Gasteiger partial charge in [0.25, 0.3) is 0 Å². The van der Waals surface area contributed by atoms with Crippen molar-refractivity contribution in [1.82, 2.24) is 0 Å². The number of hydrogen-bond acceptors (Lipinski definition) is 6. The minimum absolute atomic E-state index is 0.481. The number of ether oxygens (including phenoxy) is 1. The first kappa shape index (κ1) is 22.4. The van der Waals surface area contributed by atoms with Crippen LogP contribution in [0.4, 0.5) is 0 Å². The maximum absolute atomic E-state index is 6.18. The van der Waals surface area contributed by atoms with Gasteiger partial charge in [0.15, 0.2) is 0 Å². The van der Waals surface area contributed by atoms with Crippen LogP contribution in [-0.4, -0.2) is 43.8 Å². The Balaban J connectivity index is 1.96. The van der Waals surface area contributed by atoms with E-state index in [9.17, 15) is 0 Å². The van der Waals surface area contributed by atoms with Gasteiger partial charge in [0.1, 0.15) is 11.5 Å². The van der Waals surface area contributed by atoms with Crippen LogP contribution in [-0.2, 0) is 24.3 Å². The number of benzene rings is 1. The highest BCUT2D eigenvalue weighted by Crippen LogP contribution is 2.34. The zero-order chi connectivity index (χ0) is 19.8. The van der Waals surface area contributed by atoms with E-state index in [0.717, 1.165) is 29.5 Å². The fraction of sp³-hybridized carbons (Fsp3) is 0.684. The van der Waals surface area contributed by atoms with Gasteiger partial charge >= 0.3 is 17.4 Å². The van der Waals surface area contributed by atoms with E-state index in [4.69, 9.17) is 26.9 Å². The van der Waals surface area contributed by atoms with Crippen molar-refractivity contribution in [2.75, 3.05) is 26.4 Å². The van der Waals surface area contributed by atoms with Gasteiger partial charge in [-0.3, -0.25) is 0 Å². The normalized spacial score (nSPS) is 19.4. The molecule has 1 heterocycles. The highest BCUT2D eigenvalue weighted by Gasteiger charge is 2.40. The standard InChI is InChI=1S/C19H34O6Si2/c1-6-13-26(5)24-16-17-15-18(10-11-19(17)25-26)20-12-14-27(21-7-2,22-8-3)23-9-4/h10-11,15H,6-9,12-14,16H2,1-5H3. The summed E-state index contributed by atoms with van der Waals surface area (Å²) in [5.74, 6) is 1.73. The van der Waals surface area contributed by atoms with E-state index < -0.39 is 17.4 Å². The Morgan fingerprint density at radius 1 is 1.04 bits per heavy atom. The van der Waals surface area contributed by atoms with Crippen LogP contribution >= 0.6 is 0 Å². The lowest BCUT2D eigenvalue weighted by atomic mass is 10.2. The summed E-state index contributed by atoms with van der Waals surface area (Å²) in [6, 6.07) is 7.57. The van der Waals surface area contributed by atoms with Crippen molar-refractivity contribution in [2.24, 2.45) is 0 Å². The third-order valence-electron chi connectivity index (χ3n) is 4.36. The topological polar surface area (TPSA) is 55.4 Å². The molecule has 0 N–H and O–H groups in total. The number of hydrogen-bond donors (Lipinski definition) is 0. The second-order valence-corrected chi connectivity index (χ2v) is 12.6. The molecule has 2 rings (SSSR count). The van der Waals surface area contributed by atoms with E-state index in [0.29, 0.717) is 39.1 Å². The van der Waals surface area contributed by atoms with Gasteiger partial charge in [-0.15, -0.1) is 0 Å². The van der Waals surface area contributed by atoms with Gasteiger partial charge in [-0.05, 0) is 45.5 Å². The van der Waals surface area contributed by atoms with Crippen molar-refractivity contribution in [1.29, 1.82) is 0 Å². The molecule has 1 aliphatic rings. The lowest BCUT2D eigenvalue weighted by molar-refractivity contribution is 0.0675. The maximum Gasteiger partial charge on any atom is 0.504 e. The molecule has 154 valence electrons. The summed E-state index contributed by atoms with van der Waals surface area (Å²) in [5.41, 5.74) is 1.04. The fourth-order valence-electron chi connectivity index (χ4n) is 3.22. The Kier molecular flexibility index (Phi) is 8.78. The third-order valence-corrected chi connectivity index (χ3v) is 10.2. The molecule has 0 spiro atoms. The average molecular weight is 415 g/mol. The van der Waals surface area contributed by atoms with Crippen LogP contribution in [0.5, 0.6) is 11.5 Å². The first-order chi connectivity index (χ1) is 13.0. The molecule has 1 aromatic rings. The minimum Gasteiger partial charge on any atom is -0.520 e. The molecule has 0 aliphatic carbocycles. The number of fused-ring (bicyclic) bond motifs is 1. The van der Waals surface area contributed by atoms with Gasteiger partial charge in [-0.25, -0.2) is 0 Å². The Bertz CT molecular complexity index is 568. The first-order valence-corrected chi connectivity index (χ1v) is 14.5. The molecular formula is C19H34O6Si2. The minimum atomic E-state index is -2.67. The molecule has 0 bridgehead atoms. The molecule has 8 heteroatoms. The van der Waals surface area contributed by atoms with Crippen LogP contribution in [0.15, 0.2) is 18.2 Å².